The Morgan fingerprint density at radius 3 is 2.52 bits per heavy atom. The molecule has 0 spiro atoms. The van der Waals surface area contributed by atoms with Crippen molar-refractivity contribution in [1.29, 1.82) is 0 Å². The van der Waals surface area contributed by atoms with Gasteiger partial charge in [0.25, 0.3) is 0 Å². The maximum absolute atomic E-state index is 11.8. The molecule has 0 saturated heterocycles. The van der Waals surface area contributed by atoms with E-state index in [0.29, 0.717) is 13.0 Å². The molecular weight excluding hydrogens is 332 g/mol. The Kier molecular flexibility index (Phi) is 7.95. The highest BCUT2D eigenvalue weighted by Crippen LogP contribution is 2.34. The number of fused-ring (bicyclic) bond motifs is 1. The Labute approximate surface area is 163 Å². The summed E-state index contributed by atoms with van der Waals surface area (Å²) in [5, 5.41) is 2.45. The highest BCUT2D eigenvalue weighted by molar-refractivity contribution is 5.90. The number of ether oxygens (including phenoxy) is 1. The summed E-state index contributed by atoms with van der Waals surface area (Å²) in [7, 11) is 0. The lowest BCUT2D eigenvalue weighted by molar-refractivity contribution is -0.142. The lowest BCUT2D eigenvalue weighted by atomic mass is 10.0. The number of hydrogen-bond donors (Lipinski definition) is 0. The molecule has 0 unspecified atom stereocenters. The minimum Gasteiger partial charge on any atom is -0.461 e. The van der Waals surface area contributed by atoms with E-state index in [4.69, 9.17) is 4.74 Å². The van der Waals surface area contributed by atoms with Crippen molar-refractivity contribution in [3.8, 4) is 0 Å². The van der Waals surface area contributed by atoms with Gasteiger partial charge in [-0.3, -0.25) is 4.79 Å². The number of hydrogen-bond acceptors (Lipinski definition) is 2. The van der Waals surface area contributed by atoms with E-state index in [1.165, 1.54) is 55.7 Å². The first-order valence-corrected chi connectivity index (χ1v) is 10.6. The van der Waals surface area contributed by atoms with Crippen LogP contribution in [0.2, 0.25) is 0 Å². The van der Waals surface area contributed by atoms with Crippen molar-refractivity contribution in [1.82, 2.24) is 0 Å². The topological polar surface area (TPSA) is 26.3 Å². The van der Waals surface area contributed by atoms with Gasteiger partial charge in [0.15, 0.2) is 0 Å². The van der Waals surface area contributed by atoms with Gasteiger partial charge in [-0.1, -0.05) is 99.9 Å². The van der Waals surface area contributed by atoms with Crippen LogP contribution in [0.5, 0.6) is 0 Å². The molecule has 0 radical (unpaired) electrons. The molecule has 2 aromatic rings. The molecular formula is C25H32O2. The second-order valence-corrected chi connectivity index (χ2v) is 7.76. The lowest BCUT2D eigenvalue weighted by Gasteiger charge is -2.04. The minimum absolute atomic E-state index is 0.0775. The molecule has 0 heterocycles. The van der Waals surface area contributed by atoms with Crippen molar-refractivity contribution in [2.45, 2.75) is 64.2 Å². The van der Waals surface area contributed by atoms with Gasteiger partial charge in [0.1, 0.15) is 6.61 Å². The average Bonchev–Trinajstić information content (AvgIpc) is 3.52. The van der Waals surface area contributed by atoms with Gasteiger partial charge in [0.05, 0.1) is 0 Å². The zero-order valence-electron chi connectivity index (χ0n) is 16.4. The third-order valence-corrected chi connectivity index (χ3v) is 5.40. The Morgan fingerprint density at radius 1 is 0.926 bits per heavy atom. The average molecular weight is 365 g/mol. The Balaban J connectivity index is 1.25. The molecule has 27 heavy (non-hydrogen) atoms. The Bertz CT molecular complexity index is 738. The van der Waals surface area contributed by atoms with Crippen LogP contribution in [-0.2, 0) is 9.53 Å². The Hall–Kier alpha value is -2.09. The van der Waals surface area contributed by atoms with E-state index in [2.05, 4.69) is 30.3 Å². The van der Waals surface area contributed by atoms with Crippen LogP contribution in [0.4, 0.5) is 0 Å². The van der Waals surface area contributed by atoms with Gasteiger partial charge in [-0.15, -0.1) is 0 Å². The van der Waals surface area contributed by atoms with Gasteiger partial charge < -0.3 is 4.74 Å². The third kappa shape index (κ3) is 7.21. The molecule has 144 valence electrons. The molecule has 1 aliphatic carbocycles. The summed E-state index contributed by atoms with van der Waals surface area (Å²) in [6, 6.07) is 14.6. The second kappa shape index (κ2) is 10.9. The highest BCUT2D eigenvalue weighted by atomic mass is 16.5. The Morgan fingerprint density at radius 2 is 1.67 bits per heavy atom. The summed E-state index contributed by atoms with van der Waals surface area (Å²) >= 11 is 0. The zero-order chi connectivity index (χ0) is 18.7. The van der Waals surface area contributed by atoms with E-state index in [1.54, 1.807) is 0 Å². The normalized spacial score (nSPS) is 14.1. The zero-order valence-corrected chi connectivity index (χ0v) is 16.4. The molecule has 0 aliphatic heterocycles. The van der Waals surface area contributed by atoms with E-state index >= 15 is 0 Å². The molecule has 2 aromatic carbocycles. The van der Waals surface area contributed by atoms with Gasteiger partial charge in [0, 0.05) is 6.42 Å². The summed E-state index contributed by atoms with van der Waals surface area (Å²) in [5.74, 6) is 0.987. The van der Waals surface area contributed by atoms with Crippen LogP contribution in [0.3, 0.4) is 0 Å². The van der Waals surface area contributed by atoms with Crippen LogP contribution < -0.4 is 0 Å². The number of carbonyl (C=O) groups excluding carboxylic acids is 1. The molecule has 2 heteroatoms. The maximum atomic E-state index is 11.8. The van der Waals surface area contributed by atoms with Crippen molar-refractivity contribution < 1.29 is 9.53 Å². The van der Waals surface area contributed by atoms with E-state index in [9.17, 15) is 4.79 Å². The van der Waals surface area contributed by atoms with Crippen LogP contribution in [0.25, 0.3) is 16.8 Å². The van der Waals surface area contributed by atoms with Gasteiger partial charge in [-0.05, 0) is 34.8 Å². The smallest absolute Gasteiger partial charge is 0.306 e. The fourth-order valence-electron chi connectivity index (χ4n) is 3.60. The molecule has 2 nitrogen and oxygen atoms in total. The summed E-state index contributed by atoms with van der Waals surface area (Å²) in [6.07, 6.45) is 16.3. The molecule has 1 aliphatic rings. The highest BCUT2D eigenvalue weighted by Gasteiger charge is 2.19. The SMILES string of the molecule is O=C(CCCCCCCCC1CC1)OC/C=C/c1cccc2ccccc12. The molecule has 3 rings (SSSR count). The molecule has 1 saturated carbocycles. The first-order valence-electron chi connectivity index (χ1n) is 10.6. The maximum Gasteiger partial charge on any atom is 0.306 e. The van der Waals surface area contributed by atoms with Crippen LogP contribution in [0, 0.1) is 5.92 Å². The molecule has 1 fully saturated rings. The molecule has 0 amide bonds. The van der Waals surface area contributed by atoms with Gasteiger partial charge in [0.2, 0.25) is 0 Å². The largest absolute Gasteiger partial charge is 0.461 e. The molecule has 0 atom stereocenters. The van der Waals surface area contributed by atoms with Crippen LogP contribution in [-0.4, -0.2) is 12.6 Å². The first kappa shape index (κ1) is 19.7. The number of rotatable bonds is 12. The molecule has 0 bridgehead atoms. The molecule has 0 aromatic heterocycles. The summed E-state index contributed by atoms with van der Waals surface area (Å²) in [6.45, 7) is 0.350. The number of unbranched alkanes of at least 4 members (excludes halogenated alkanes) is 5. The van der Waals surface area contributed by atoms with Gasteiger partial charge >= 0.3 is 5.97 Å². The van der Waals surface area contributed by atoms with Crippen LogP contribution in [0.15, 0.2) is 48.5 Å². The first-order chi connectivity index (χ1) is 13.3. The summed E-state index contributed by atoms with van der Waals surface area (Å²) in [5.41, 5.74) is 1.16. The van der Waals surface area contributed by atoms with E-state index in [0.717, 1.165) is 24.3 Å². The van der Waals surface area contributed by atoms with Crippen molar-refractivity contribution in [3.05, 3.63) is 54.1 Å². The third-order valence-electron chi connectivity index (χ3n) is 5.40. The van der Waals surface area contributed by atoms with Crippen LogP contribution >= 0.6 is 0 Å². The number of carbonyl (C=O) groups is 1. The summed E-state index contributed by atoms with van der Waals surface area (Å²) in [4.78, 5) is 11.8. The van der Waals surface area contributed by atoms with Crippen molar-refractivity contribution in [2.75, 3.05) is 6.61 Å². The number of benzene rings is 2. The quantitative estimate of drug-likeness (QED) is 0.301. The fraction of sp³-hybridized carbons (Fsp3) is 0.480. The van der Waals surface area contributed by atoms with Crippen molar-refractivity contribution in [2.24, 2.45) is 5.92 Å². The van der Waals surface area contributed by atoms with Crippen molar-refractivity contribution >= 4 is 22.8 Å². The fourth-order valence-corrected chi connectivity index (χ4v) is 3.60. The van der Waals surface area contributed by atoms with E-state index < -0.39 is 0 Å². The van der Waals surface area contributed by atoms with E-state index in [-0.39, 0.29) is 5.97 Å². The van der Waals surface area contributed by atoms with Gasteiger partial charge in [-0.25, -0.2) is 0 Å². The van der Waals surface area contributed by atoms with Crippen LogP contribution in [0.1, 0.15) is 69.8 Å². The minimum atomic E-state index is -0.0775. The standard InChI is InChI=1S/C25H32O2/c26-25(17-6-4-2-1-3-5-11-21-18-19-21)27-20-10-15-23-14-9-13-22-12-7-8-16-24(22)23/h7-10,12-16,21H,1-6,11,17-20H2/b15-10+. The van der Waals surface area contributed by atoms with Gasteiger partial charge in [-0.2, -0.15) is 0 Å². The number of esters is 1. The predicted molar refractivity (Wildman–Crippen MR) is 114 cm³/mol. The predicted octanol–water partition coefficient (Wildman–Crippen LogP) is 6.93. The monoisotopic (exact) mass is 364 g/mol. The van der Waals surface area contributed by atoms with Crippen molar-refractivity contribution in [3.63, 3.8) is 0 Å². The van der Waals surface area contributed by atoms with E-state index in [1.807, 2.05) is 24.3 Å². The lowest BCUT2D eigenvalue weighted by Crippen LogP contribution is -2.03. The summed E-state index contributed by atoms with van der Waals surface area (Å²) < 4.78 is 5.33. The second-order valence-electron chi connectivity index (χ2n) is 7.76. The molecule has 0 N–H and O–H groups in total.